The minimum Gasteiger partial charge on any atom is -0.345 e. The molecule has 5 heteroatoms. The van der Waals surface area contributed by atoms with Crippen LogP contribution in [0, 0.1) is 5.41 Å². The molecular formula is C17H25N3O2. The molecule has 0 aromatic heterocycles. The highest BCUT2D eigenvalue weighted by Crippen LogP contribution is 2.30. The lowest BCUT2D eigenvalue weighted by molar-refractivity contribution is -0.121. The summed E-state index contributed by atoms with van der Waals surface area (Å²) in [6, 6.07) is 6.84. The lowest BCUT2D eigenvalue weighted by Crippen LogP contribution is -2.53. The van der Waals surface area contributed by atoms with Gasteiger partial charge < -0.3 is 15.5 Å². The second-order valence-corrected chi connectivity index (χ2v) is 6.75. The van der Waals surface area contributed by atoms with Crippen molar-refractivity contribution in [1.29, 1.82) is 0 Å². The van der Waals surface area contributed by atoms with Crippen LogP contribution in [0.3, 0.4) is 0 Å². The second-order valence-electron chi connectivity index (χ2n) is 6.75. The van der Waals surface area contributed by atoms with Crippen LogP contribution in [-0.4, -0.2) is 43.4 Å². The molecule has 0 spiro atoms. The summed E-state index contributed by atoms with van der Waals surface area (Å²) in [5.41, 5.74) is 1.15. The summed E-state index contributed by atoms with van der Waals surface area (Å²) >= 11 is 0. The fraction of sp³-hybridized carbons (Fsp3) is 0.529. The van der Waals surface area contributed by atoms with Gasteiger partial charge in [-0.2, -0.15) is 0 Å². The average molecular weight is 303 g/mol. The lowest BCUT2D eigenvalue weighted by atomic mass is 9.77. The maximum absolute atomic E-state index is 12.5. The van der Waals surface area contributed by atoms with E-state index in [4.69, 9.17) is 0 Å². The molecule has 0 saturated carbocycles. The maximum Gasteiger partial charge on any atom is 0.253 e. The van der Waals surface area contributed by atoms with Crippen molar-refractivity contribution in [2.45, 2.75) is 32.7 Å². The number of rotatable bonds is 3. The fourth-order valence-corrected chi connectivity index (χ4v) is 2.86. The molecule has 2 rings (SSSR count). The Bertz CT molecular complexity index is 567. The zero-order valence-electron chi connectivity index (χ0n) is 13.8. The van der Waals surface area contributed by atoms with E-state index in [1.54, 1.807) is 38.4 Å². The Balaban J connectivity index is 2.12. The molecule has 5 nitrogen and oxygen atoms in total. The number of anilines is 1. The molecule has 1 atom stereocenters. The van der Waals surface area contributed by atoms with Gasteiger partial charge in [0.2, 0.25) is 5.91 Å². The third-order valence-corrected chi connectivity index (χ3v) is 4.17. The first-order valence-electron chi connectivity index (χ1n) is 7.67. The fourth-order valence-electron chi connectivity index (χ4n) is 2.86. The van der Waals surface area contributed by atoms with E-state index in [0.29, 0.717) is 11.3 Å². The number of hydrogen-bond donors (Lipinski definition) is 2. The van der Waals surface area contributed by atoms with Crippen LogP contribution in [0.4, 0.5) is 5.69 Å². The summed E-state index contributed by atoms with van der Waals surface area (Å²) in [5.74, 6) is -0.119. The summed E-state index contributed by atoms with van der Waals surface area (Å²) in [6.07, 6.45) is 2.11. The quantitative estimate of drug-likeness (QED) is 0.899. The van der Waals surface area contributed by atoms with Gasteiger partial charge in [-0.15, -0.1) is 0 Å². The molecule has 120 valence electrons. The van der Waals surface area contributed by atoms with Crippen molar-refractivity contribution in [2.24, 2.45) is 5.41 Å². The van der Waals surface area contributed by atoms with Gasteiger partial charge in [0, 0.05) is 25.3 Å². The van der Waals surface area contributed by atoms with Gasteiger partial charge in [0.25, 0.3) is 5.91 Å². The van der Waals surface area contributed by atoms with Crippen LogP contribution in [0.5, 0.6) is 0 Å². The van der Waals surface area contributed by atoms with Gasteiger partial charge in [-0.1, -0.05) is 19.9 Å². The van der Waals surface area contributed by atoms with Crippen LogP contribution in [0.25, 0.3) is 0 Å². The summed E-state index contributed by atoms with van der Waals surface area (Å²) in [4.78, 5) is 26.0. The largest absolute Gasteiger partial charge is 0.345 e. The summed E-state index contributed by atoms with van der Waals surface area (Å²) < 4.78 is 0. The molecule has 22 heavy (non-hydrogen) atoms. The van der Waals surface area contributed by atoms with E-state index in [1.165, 1.54) is 4.90 Å². The SMILES string of the molecule is CN(C)C(=O)c1cccc(NC(=O)C2NCCCC2(C)C)c1. The predicted octanol–water partition coefficient (Wildman–Crippen LogP) is 2.11. The van der Waals surface area contributed by atoms with Crippen LogP contribution in [0.2, 0.25) is 0 Å². The molecule has 1 fully saturated rings. The maximum atomic E-state index is 12.5. The van der Waals surface area contributed by atoms with E-state index in [0.717, 1.165) is 19.4 Å². The minimum absolute atomic E-state index is 0.0425. The molecule has 1 aromatic rings. The Morgan fingerprint density at radius 2 is 2.05 bits per heavy atom. The average Bonchev–Trinajstić information content (AvgIpc) is 2.46. The van der Waals surface area contributed by atoms with E-state index in [9.17, 15) is 9.59 Å². The Labute approximate surface area is 132 Å². The molecule has 1 saturated heterocycles. The zero-order valence-corrected chi connectivity index (χ0v) is 13.8. The molecule has 2 N–H and O–H groups in total. The number of hydrogen-bond acceptors (Lipinski definition) is 3. The van der Waals surface area contributed by atoms with Crippen molar-refractivity contribution in [3.63, 3.8) is 0 Å². The van der Waals surface area contributed by atoms with Gasteiger partial charge >= 0.3 is 0 Å². The number of carbonyl (C=O) groups is 2. The van der Waals surface area contributed by atoms with Crippen molar-refractivity contribution < 1.29 is 9.59 Å². The van der Waals surface area contributed by atoms with E-state index in [-0.39, 0.29) is 23.3 Å². The number of amides is 2. The Morgan fingerprint density at radius 1 is 1.32 bits per heavy atom. The standard InChI is InChI=1S/C17H25N3O2/c1-17(2)9-6-10-18-14(17)15(21)19-13-8-5-7-12(11-13)16(22)20(3)4/h5,7-8,11,14,18H,6,9-10H2,1-4H3,(H,19,21). The Kier molecular flexibility index (Phi) is 4.86. The minimum atomic E-state index is -0.213. The van der Waals surface area contributed by atoms with E-state index in [2.05, 4.69) is 24.5 Å². The second kappa shape index (κ2) is 6.48. The molecule has 1 aromatic carbocycles. The molecule has 1 unspecified atom stereocenters. The van der Waals surface area contributed by atoms with Gasteiger partial charge in [0.15, 0.2) is 0 Å². The van der Waals surface area contributed by atoms with Gasteiger partial charge in [0.1, 0.15) is 0 Å². The van der Waals surface area contributed by atoms with E-state index in [1.807, 2.05) is 0 Å². The van der Waals surface area contributed by atoms with Crippen LogP contribution in [-0.2, 0) is 4.79 Å². The van der Waals surface area contributed by atoms with Crippen molar-refractivity contribution >= 4 is 17.5 Å². The third-order valence-electron chi connectivity index (χ3n) is 4.17. The monoisotopic (exact) mass is 303 g/mol. The molecule has 0 radical (unpaired) electrons. The normalized spacial score (nSPS) is 20.3. The molecule has 0 bridgehead atoms. The smallest absolute Gasteiger partial charge is 0.253 e. The van der Waals surface area contributed by atoms with Crippen molar-refractivity contribution in [1.82, 2.24) is 10.2 Å². The van der Waals surface area contributed by atoms with Gasteiger partial charge in [0.05, 0.1) is 6.04 Å². The summed E-state index contributed by atoms with van der Waals surface area (Å²) in [6.45, 7) is 5.07. The van der Waals surface area contributed by atoms with Gasteiger partial charge in [-0.25, -0.2) is 0 Å². The van der Waals surface area contributed by atoms with Crippen LogP contribution in [0.1, 0.15) is 37.0 Å². The van der Waals surface area contributed by atoms with Crippen LogP contribution >= 0.6 is 0 Å². The van der Waals surface area contributed by atoms with Crippen molar-refractivity contribution in [3.05, 3.63) is 29.8 Å². The first kappa shape index (κ1) is 16.5. The highest BCUT2D eigenvalue weighted by Gasteiger charge is 2.37. The van der Waals surface area contributed by atoms with Gasteiger partial charge in [-0.3, -0.25) is 9.59 Å². The summed E-state index contributed by atoms with van der Waals surface area (Å²) in [7, 11) is 3.42. The predicted molar refractivity (Wildman–Crippen MR) is 87.9 cm³/mol. The van der Waals surface area contributed by atoms with Gasteiger partial charge in [-0.05, 0) is 43.0 Å². The third kappa shape index (κ3) is 3.65. The highest BCUT2D eigenvalue weighted by molar-refractivity contribution is 5.98. The van der Waals surface area contributed by atoms with Crippen molar-refractivity contribution in [3.8, 4) is 0 Å². The lowest BCUT2D eigenvalue weighted by Gasteiger charge is -2.38. The first-order chi connectivity index (χ1) is 10.3. The Hall–Kier alpha value is -1.88. The first-order valence-corrected chi connectivity index (χ1v) is 7.67. The van der Waals surface area contributed by atoms with Crippen LogP contribution < -0.4 is 10.6 Å². The molecular weight excluding hydrogens is 278 g/mol. The van der Waals surface area contributed by atoms with Crippen LogP contribution in [0.15, 0.2) is 24.3 Å². The molecule has 2 amide bonds. The molecule has 1 heterocycles. The molecule has 1 aliphatic rings. The molecule has 1 aliphatic heterocycles. The zero-order chi connectivity index (χ0) is 16.3. The number of nitrogens with one attached hydrogen (secondary N) is 2. The number of carbonyl (C=O) groups excluding carboxylic acids is 2. The number of benzene rings is 1. The number of piperidine rings is 1. The number of nitrogens with zero attached hydrogens (tertiary/aromatic N) is 1. The molecule has 0 aliphatic carbocycles. The van der Waals surface area contributed by atoms with Crippen molar-refractivity contribution in [2.75, 3.05) is 26.0 Å². The topological polar surface area (TPSA) is 61.4 Å². The Morgan fingerprint density at radius 3 is 2.68 bits per heavy atom. The van der Waals surface area contributed by atoms with E-state index < -0.39 is 0 Å². The highest BCUT2D eigenvalue weighted by atomic mass is 16.2. The summed E-state index contributed by atoms with van der Waals surface area (Å²) in [5, 5.41) is 6.23. The van der Waals surface area contributed by atoms with E-state index >= 15 is 0 Å².